The van der Waals surface area contributed by atoms with Crippen molar-refractivity contribution in [1.82, 2.24) is 14.6 Å². The van der Waals surface area contributed by atoms with Crippen molar-refractivity contribution in [3.63, 3.8) is 0 Å². The normalized spacial score (nSPS) is 10.8. The number of ether oxygens (including phenoxy) is 1. The number of anilines is 1. The summed E-state index contributed by atoms with van der Waals surface area (Å²) < 4.78 is 6.91. The number of non-ortho nitro benzene ring substituents is 1. The van der Waals surface area contributed by atoms with Crippen molar-refractivity contribution in [1.29, 1.82) is 0 Å². The van der Waals surface area contributed by atoms with Gasteiger partial charge in [0, 0.05) is 22.6 Å². The number of methoxy groups -OCH3 is 1. The minimum Gasteiger partial charge on any atom is -0.496 e. The summed E-state index contributed by atoms with van der Waals surface area (Å²) in [6, 6.07) is 9.13. The maximum atomic E-state index is 12.8. The highest BCUT2D eigenvalue weighted by Crippen LogP contribution is 2.33. The molecule has 0 fully saturated rings. The van der Waals surface area contributed by atoms with Crippen LogP contribution in [0.5, 0.6) is 5.75 Å². The van der Waals surface area contributed by atoms with Crippen LogP contribution in [0.15, 0.2) is 41.8 Å². The van der Waals surface area contributed by atoms with Gasteiger partial charge in [-0.15, -0.1) is 16.4 Å². The Morgan fingerprint density at radius 2 is 1.94 bits per heavy atom. The molecule has 0 saturated heterocycles. The molecule has 2 aromatic heterocycles. The van der Waals surface area contributed by atoms with Crippen LogP contribution in [-0.4, -0.2) is 37.5 Å². The minimum atomic E-state index is -0.800. The van der Waals surface area contributed by atoms with E-state index in [1.165, 1.54) is 22.8 Å². The van der Waals surface area contributed by atoms with Gasteiger partial charge < -0.3 is 4.74 Å². The van der Waals surface area contributed by atoms with Gasteiger partial charge in [0.15, 0.2) is 0 Å². The number of thiazole rings is 1. The second-order valence-electron chi connectivity index (χ2n) is 6.56. The summed E-state index contributed by atoms with van der Waals surface area (Å²) in [6.07, 6.45) is 0. The molecule has 0 spiro atoms. The maximum Gasteiger partial charge on any atom is 0.279 e. The largest absolute Gasteiger partial charge is 0.496 e. The number of para-hydroxylation sites is 1. The smallest absolute Gasteiger partial charge is 0.279 e. The topological polar surface area (TPSA) is 155 Å². The van der Waals surface area contributed by atoms with Gasteiger partial charge in [-0.05, 0) is 19.1 Å². The molecule has 32 heavy (non-hydrogen) atoms. The van der Waals surface area contributed by atoms with E-state index in [4.69, 9.17) is 4.74 Å². The number of hydrogen-bond acceptors (Lipinski definition) is 9. The highest BCUT2D eigenvalue weighted by molar-refractivity contribution is 7.15. The molecule has 0 aliphatic carbocycles. The number of nitro groups is 2. The van der Waals surface area contributed by atoms with Gasteiger partial charge >= 0.3 is 0 Å². The minimum absolute atomic E-state index is 0.00571. The van der Waals surface area contributed by atoms with Crippen LogP contribution in [0.25, 0.3) is 16.2 Å². The number of amides is 1. The highest BCUT2D eigenvalue weighted by atomic mass is 32.1. The van der Waals surface area contributed by atoms with Crippen LogP contribution in [-0.2, 0) is 0 Å². The molecule has 0 aliphatic rings. The standard InChI is InChI=1S/C19H14N6O6S/c1-10-13(7-11(24(27)28)8-14(10)25(29)30)17(26)20-18-21-19-23(22-18)15(9-32-19)12-5-3-4-6-16(12)31-2/h3-9H,1-2H3,(H,20,22,26). The Labute approximate surface area is 183 Å². The third-order valence-corrected chi connectivity index (χ3v) is 5.52. The van der Waals surface area contributed by atoms with Crippen molar-refractivity contribution in [3.8, 4) is 17.0 Å². The number of carbonyl (C=O) groups is 1. The number of nitro benzene ring substituents is 2. The van der Waals surface area contributed by atoms with E-state index in [1.54, 1.807) is 13.2 Å². The molecule has 1 N–H and O–H groups in total. The van der Waals surface area contributed by atoms with Crippen LogP contribution >= 0.6 is 11.3 Å². The molecule has 2 heterocycles. The van der Waals surface area contributed by atoms with Crippen molar-refractivity contribution >= 4 is 39.5 Å². The van der Waals surface area contributed by atoms with Crippen LogP contribution in [0.2, 0.25) is 0 Å². The number of rotatable bonds is 6. The molecule has 12 nitrogen and oxygen atoms in total. The molecule has 0 radical (unpaired) electrons. The molecule has 2 aromatic carbocycles. The molecule has 4 aromatic rings. The van der Waals surface area contributed by atoms with Crippen LogP contribution in [0.1, 0.15) is 15.9 Å². The van der Waals surface area contributed by atoms with Crippen molar-refractivity contribution < 1.29 is 19.4 Å². The number of benzene rings is 2. The van der Waals surface area contributed by atoms with Gasteiger partial charge in [-0.3, -0.25) is 30.3 Å². The number of nitrogens with zero attached hydrogens (tertiary/aromatic N) is 5. The first kappa shape index (κ1) is 20.9. The summed E-state index contributed by atoms with van der Waals surface area (Å²) >= 11 is 1.29. The van der Waals surface area contributed by atoms with Gasteiger partial charge in [0.2, 0.25) is 4.96 Å². The number of carbonyl (C=O) groups excluding carboxylic acids is 1. The van der Waals surface area contributed by atoms with Crippen LogP contribution in [0.4, 0.5) is 17.3 Å². The van der Waals surface area contributed by atoms with Gasteiger partial charge in [-0.1, -0.05) is 12.1 Å². The summed E-state index contributed by atoms with van der Waals surface area (Å²) in [4.78, 5) is 38.3. The molecule has 1 amide bonds. The Morgan fingerprint density at radius 3 is 2.62 bits per heavy atom. The number of nitrogens with one attached hydrogen (secondary N) is 1. The Hall–Kier alpha value is -4.39. The predicted octanol–water partition coefficient (Wildman–Crippen LogP) is 3.84. The lowest BCUT2D eigenvalue weighted by atomic mass is 10.0. The SMILES string of the molecule is COc1ccccc1-c1csc2nc(NC(=O)c3cc([N+](=O)[O-])cc([N+](=O)[O-])c3C)nn12. The number of hydrogen-bond donors (Lipinski definition) is 1. The maximum absolute atomic E-state index is 12.8. The third kappa shape index (κ3) is 3.60. The molecular formula is C19H14N6O6S. The van der Waals surface area contributed by atoms with E-state index in [0.29, 0.717) is 16.4 Å². The molecule has 4 rings (SSSR count). The fourth-order valence-electron chi connectivity index (χ4n) is 3.16. The Morgan fingerprint density at radius 1 is 1.19 bits per heavy atom. The van der Waals surface area contributed by atoms with E-state index < -0.39 is 27.1 Å². The Bertz CT molecular complexity index is 1390. The zero-order chi connectivity index (χ0) is 23.0. The second-order valence-corrected chi connectivity index (χ2v) is 7.39. The second kappa shape index (κ2) is 8.03. The zero-order valence-corrected chi connectivity index (χ0v) is 17.5. The quantitative estimate of drug-likeness (QED) is 0.340. The average molecular weight is 454 g/mol. The van der Waals surface area contributed by atoms with Gasteiger partial charge in [-0.25, -0.2) is 4.52 Å². The summed E-state index contributed by atoms with van der Waals surface area (Å²) in [5.41, 5.74) is 0.154. The van der Waals surface area contributed by atoms with Crippen molar-refractivity contribution in [3.05, 3.63) is 73.1 Å². The molecule has 13 heteroatoms. The molecule has 162 valence electrons. The predicted molar refractivity (Wildman–Crippen MR) is 115 cm³/mol. The first-order valence-electron chi connectivity index (χ1n) is 9.02. The number of fused-ring (bicyclic) bond motifs is 1. The van der Waals surface area contributed by atoms with Crippen molar-refractivity contribution in [2.75, 3.05) is 12.4 Å². The first-order valence-corrected chi connectivity index (χ1v) is 9.90. The summed E-state index contributed by atoms with van der Waals surface area (Å²) in [5, 5.41) is 31.0. The van der Waals surface area contributed by atoms with E-state index in [2.05, 4.69) is 15.4 Å². The monoisotopic (exact) mass is 454 g/mol. The molecule has 0 atom stereocenters. The fraction of sp³-hybridized carbons (Fsp3) is 0.105. The lowest BCUT2D eigenvalue weighted by Gasteiger charge is -2.07. The van der Waals surface area contributed by atoms with Gasteiger partial charge in [0.25, 0.3) is 23.2 Å². The fourth-order valence-corrected chi connectivity index (χ4v) is 3.98. The van der Waals surface area contributed by atoms with Gasteiger partial charge in [-0.2, -0.15) is 4.98 Å². The molecular weight excluding hydrogens is 440 g/mol. The molecule has 0 unspecified atom stereocenters. The molecule has 0 saturated carbocycles. The Balaban J connectivity index is 1.71. The molecule has 0 aliphatic heterocycles. The van der Waals surface area contributed by atoms with Gasteiger partial charge in [0.1, 0.15) is 5.75 Å². The highest BCUT2D eigenvalue weighted by Gasteiger charge is 2.25. The van der Waals surface area contributed by atoms with E-state index >= 15 is 0 Å². The van der Waals surface area contributed by atoms with Crippen molar-refractivity contribution in [2.24, 2.45) is 0 Å². The summed E-state index contributed by atoms with van der Waals surface area (Å²) in [5.74, 6) is -0.217. The van der Waals surface area contributed by atoms with Crippen LogP contribution in [0.3, 0.4) is 0 Å². The van der Waals surface area contributed by atoms with E-state index in [0.717, 1.165) is 17.7 Å². The van der Waals surface area contributed by atoms with Crippen molar-refractivity contribution in [2.45, 2.75) is 6.92 Å². The van der Waals surface area contributed by atoms with Crippen LogP contribution < -0.4 is 10.1 Å². The summed E-state index contributed by atoms with van der Waals surface area (Å²) in [6.45, 7) is 1.34. The third-order valence-electron chi connectivity index (χ3n) is 4.71. The van der Waals surface area contributed by atoms with Crippen LogP contribution in [0, 0.1) is 27.2 Å². The number of aromatic nitrogens is 3. The van der Waals surface area contributed by atoms with E-state index in [9.17, 15) is 25.0 Å². The lowest BCUT2D eigenvalue weighted by Crippen LogP contribution is -2.16. The molecule has 0 bridgehead atoms. The zero-order valence-electron chi connectivity index (χ0n) is 16.6. The van der Waals surface area contributed by atoms with E-state index in [-0.39, 0.29) is 17.1 Å². The average Bonchev–Trinajstić information content (AvgIpc) is 3.33. The lowest BCUT2D eigenvalue weighted by molar-refractivity contribution is -0.394. The van der Waals surface area contributed by atoms with Gasteiger partial charge in [0.05, 0.1) is 34.3 Å². The summed E-state index contributed by atoms with van der Waals surface area (Å²) in [7, 11) is 1.55. The van der Waals surface area contributed by atoms with E-state index in [1.807, 2.05) is 23.6 Å². The Kier molecular flexibility index (Phi) is 5.24. The first-order chi connectivity index (χ1) is 15.3.